The number of amides is 3. The number of imide groups is 1. The molecule has 1 aliphatic heterocycles. The SMILES string of the molecule is CC(C)(C)[C@@H](NS(=O)(=O)CCCCCN1CC(=O)NC1=O)c1ccc(F)c(OCC2CC2)c1. The molecule has 2 fully saturated rings. The lowest BCUT2D eigenvalue weighted by atomic mass is 9.83. The van der Waals surface area contributed by atoms with Crippen molar-refractivity contribution in [2.45, 2.75) is 58.9 Å². The largest absolute Gasteiger partial charge is 0.490 e. The maximum atomic E-state index is 14.2. The lowest BCUT2D eigenvalue weighted by Crippen LogP contribution is -2.38. The normalized spacial score (nSPS) is 17.9. The molecule has 2 N–H and O–H groups in total. The Morgan fingerprint density at radius 3 is 2.55 bits per heavy atom. The summed E-state index contributed by atoms with van der Waals surface area (Å²) in [5.74, 6) is -0.204. The maximum absolute atomic E-state index is 14.2. The second-order valence-electron chi connectivity index (χ2n) is 10.0. The number of rotatable bonds is 12. The van der Waals surface area contributed by atoms with Crippen molar-refractivity contribution < 1.29 is 27.1 Å². The number of carbonyl (C=O) groups is 2. The third kappa shape index (κ3) is 7.67. The zero-order valence-corrected chi connectivity index (χ0v) is 20.3. The second kappa shape index (κ2) is 10.4. The van der Waals surface area contributed by atoms with Gasteiger partial charge in [0.2, 0.25) is 15.9 Å². The number of urea groups is 1. The van der Waals surface area contributed by atoms with Gasteiger partial charge in [-0.05, 0) is 54.7 Å². The molecule has 0 bridgehead atoms. The highest BCUT2D eigenvalue weighted by molar-refractivity contribution is 7.89. The molecule has 184 valence electrons. The molecule has 1 saturated carbocycles. The van der Waals surface area contributed by atoms with Crippen LogP contribution in [0, 0.1) is 17.2 Å². The third-order valence-electron chi connectivity index (χ3n) is 5.83. The summed E-state index contributed by atoms with van der Waals surface area (Å²) in [7, 11) is -3.60. The summed E-state index contributed by atoms with van der Waals surface area (Å²) in [4.78, 5) is 24.2. The second-order valence-corrected chi connectivity index (χ2v) is 11.9. The van der Waals surface area contributed by atoms with Gasteiger partial charge in [0, 0.05) is 6.54 Å². The number of ether oxygens (including phenoxy) is 1. The van der Waals surface area contributed by atoms with E-state index >= 15 is 0 Å². The van der Waals surface area contributed by atoms with Gasteiger partial charge in [-0.15, -0.1) is 0 Å². The fourth-order valence-electron chi connectivity index (χ4n) is 3.72. The summed E-state index contributed by atoms with van der Waals surface area (Å²) < 4.78 is 48.3. The van der Waals surface area contributed by atoms with E-state index < -0.39 is 33.3 Å². The monoisotopic (exact) mass is 483 g/mol. The van der Waals surface area contributed by atoms with E-state index in [0.29, 0.717) is 43.9 Å². The van der Waals surface area contributed by atoms with Crippen LogP contribution in [0.4, 0.5) is 9.18 Å². The van der Waals surface area contributed by atoms with Gasteiger partial charge < -0.3 is 9.64 Å². The number of nitrogens with one attached hydrogen (secondary N) is 2. The molecule has 1 aromatic rings. The maximum Gasteiger partial charge on any atom is 0.324 e. The predicted octanol–water partition coefficient (Wildman–Crippen LogP) is 3.34. The molecule has 8 nitrogen and oxygen atoms in total. The van der Waals surface area contributed by atoms with E-state index in [-0.39, 0.29) is 24.0 Å². The van der Waals surface area contributed by atoms with E-state index in [9.17, 15) is 22.4 Å². The van der Waals surface area contributed by atoms with Gasteiger partial charge in [-0.1, -0.05) is 33.3 Å². The summed E-state index contributed by atoms with van der Waals surface area (Å²) in [6.07, 6.45) is 3.83. The zero-order chi connectivity index (χ0) is 24.2. The summed E-state index contributed by atoms with van der Waals surface area (Å²) in [6.45, 7) is 6.72. The van der Waals surface area contributed by atoms with Gasteiger partial charge in [0.15, 0.2) is 11.6 Å². The van der Waals surface area contributed by atoms with E-state index in [2.05, 4.69) is 10.0 Å². The molecule has 0 unspecified atom stereocenters. The van der Waals surface area contributed by atoms with E-state index in [0.717, 1.165) is 12.8 Å². The number of sulfonamides is 1. The Morgan fingerprint density at radius 1 is 1.21 bits per heavy atom. The van der Waals surface area contributed by atoms with Crippen LogP contribution in [-0.4, -0.2) is 50.7 Å². The Labute approximate surface area is 195 Å². The van der Waals surface area contributed by atoms with Crippen LogP contribution in [0.2, 0.25) is 0 Å². The zero-order valence-electron chi connectivity index (χ0n) is 19.5. The Bertz CT molecular complexity index is 973. The van der Waals surface area contributed by atoms with Crippen LogP contribution in [0.1, 0.15) is 64.5 Å². The first-order valence-corrected chi connectivity index (χ1v) is 13.1. The molecule has 0 radical (unpaired) electrons. The summed E-state index contributed by atoms with van der Waals surface area (Å²) in [5, 5.41) is 2.22. The highest BCUT2D eigenvalue weighted by atomic mass is 32.2. The Kier molecular flexibility index (Phi) is 8.00. The summed E-state index contributed by atoms with van der Waals surface area (Å²) in [6, 6.07) is 3.57. The quantitative estimate of drug-likeness (QED) is 0.350. The van der Waals surface area contributed by atoms with Crippen LogP contribution in [0.15, 0.2) is 18.2 Å². The van der Waals surface area contributed by atoms with Crippen LogP contribution in [-0.2, 0) is 14.8 Å². The van der Waals surface area contributed by atoms with Crippen molar-refractivity contribution in [3.8, 4) is 5.75 Å². The van der Waals surface area contributed by atoms with Crippen LogP contribution in [0.5, 0.6) is 5.75 Å². The highest BCUT2D eigenvalue weighted by Gasteiger charge is 2.31. The Balaban J connectivity index is 1.56. The average molecular weight is 484 g/mol. The topological polar surface area (TPSA) is 105 Å². The highest BCUT2D eigenvalue weighted by Crippen LogP contribution is 2.36. The van der Waals surface area contributed by atoms with Crippen molar-refractivity contribution >= 4 is 22.0 Å². The number of benzene rings is 1. The summed E-state index contributed by atoms with van der Waals surface area (Å²) in [5.41, 5.74) is 0.205. The van der Waals surface area contributed by atoms with Crippen LogP contribution < -0.4 is 14.8 Å². The Morgan fingerprint density at radius 2 is 1.94 bits per heavy atom. The lowest BCUT2D eigenvalue weighted by molar-refractivity contribution is -0.118. The average Bonchev–Trinajstić information content (AvgIpc) is 3.48. The van der Waals surface area contributed by atoms with Gasteiger partial charge in [0.1, 0.15) is 6.54 Å². The van der Waals surface area contributed by atoms with Crippen LogP contribution >= 0.6 is 0 Å². The smallest absolute Gasteiger partial charge is 0.324 e. The first-order valence-electron chi connectivity index (χ1n) is 11.5. The number of hydrogen-bond acceptors (Lipinski definition) is 5. The molecule has 3 rings (SSSR count). The number of halogens is 1. The van der Waals surface area contributed by atoms with Crippen molar-refractivity contribution in [2.24, 2.45) is 11.3 Å². The van der Waals surface area contributed by atoms with E-state index in [4.69, 9.17) is 4.74 Å². The van der Waals surface area contributed by atoms with Crippen molar-refractivity contribution in [1.82, 2.24) is 14.9 Å². The Hall–Kier alpha value is -2.20. The van der Waals surface area contributed by atoms with Crippen molar-refractivity contribution in [3.05, 3.63) is 29.6 Å². The number of carbonyl (C=O) groups excluding carboxylic acids is 2. The van der Waals surface area contributed by atoms with Gasteiger partial charge in [-0.2, -0.15) is 0 Å². The fraction of sp³-hybridized carbons (Fsp3) is 0.652. The van der Waals surface area contributed by atoms with Crippen molar-refractivity contribution in [1.29, 1.82) is 0 Å². The fourth-order valence-corrected chi connectivity index (χ4v) is 5.27. The molecule has 1 aliphatic carbocycles. The molecule has 1 aromatic carbocycles. The van der Waals surface area contributed by atoms with E-state index in [1.807, 2.05) is 20.8 Å². The molecule has 1 saturated heterocycles. The standard InChI is InChI=1S/C23H34FN3O5S/c1-23(2,3)21(17-9-10-18(24)19(13-17)32-15-16-7-8-16)26-33(30,31)12-6-4-5-11-27-14-20(28)25-22(27)29/h9-10,13,16,21,26H,4-8,11-12,14-15H2,1-3H3,(H,25,28,29)/t21-/m0/s1. The first-order chi connectivity index (χ1) is 15.4. The summed E-state index contributed by atoms with van der Waals surface area (Å²) >= 11 is 0. The minimum Gasteiger partial charge on any atom is -0.490 e. The van der Waals surface area contributed by atoms with Crippen LogP contribution in [0.25, 0.3) is 0 Å². The molecule has 3 amide bonds. The third-order valence-corrected chi connectivity index (χ3v) is 7.25. The van der Waals surface area contributed by atoms with Gasteiger partial charge in [-0.3, -0.25) is 10.1 Å². The molecule has 0 spiro atoms. The van der Waals surface area contributed by atoms with Gasteiger partial charge in [-0.25, -0.2) is 22.3 Å². The lowest BCUT2D eigenvalue weighted by Gasteiger charge is -2.32. The van der Waals surface area contributed by atoms with Crippen LogP contribution in [0.3, 0.4) is 0 Å². The molecule has 2 aliphatic rings. The molecule has 1 atom stereocenters. The minimum atomic E-state index is -3.60. The van der Waals surface area contributed by atoms with Gasteiger partial charge in [0.25, 0.3) is 0 Å². The predicted molar refractivity (Wildman–Crippen MR) is 123 cm³/mol. The first kappa shape index (κ1) is 25.4. The van der Waals surface area contributed by atoms with E-state index in [1.54, 1.807) is 12.1 Å². The molecule has 33 heavy (non-hydrogen) atoms. The molecular weight excluding hydrogens is 449 g/mol. The van der Waals surface area contributed by atoms with Crippen molar-refractivity contribution in [3.63, 3.8) is 0 Å². The number of unbranched alkanes of at least 4 members (excludes halogenated alkanes) is 2. The van der Waals surface area contributed by atoms with Gasteiger partial charge in [0.05, 0.1) is 18.4 Å². The van der Waals surface area contributed by atoms with E-state index in [1.165, 1.54) is 11.0 Å². The molecule has 10 heteroatoms. The number of nitrogens with zero attached hydrogens (tertiary/aromatic N) is 1. The number of hydrogen-bond donors (Lipinski definition) is 2. The van der Waals surface area contributed by atoms with Crippen molar-refractivity contribution in [2.75, 3.05) is 25.4 Å². The molecular formula is C23H34FN3O5S. The molecule has 0 aromatic heterocycles. The van der Waals surface area contributed by atoms with Gasteiger partial charge >= 0.3 is 6.03 Å². The minimum absolute atomic E-state index is 0.0516. The molecule has 1 heterocycles.